The predicted molar refractivity (Wildman–Crippen MR) is 69.3 cm³/mol. The summed E-state index contributed by atoms with van der Waals surface area (Å²) >= 11 is 0. The topological polar surface area (TPSA) is 48.2 Å². The van der Waals surface area contributed by atoms with Crippen molar-refractivity contribution in [2.24, 2.45) is 4.99 Å². The van der Waals surface area contributed by atoms with Gasteiger partial charge in [0, 0.05) is 11.3 Å². The molecule has 1 N–H and O–H groups in total. The number of nitrogens with zero attached hydrogens (tertiary/aromatic N) is 2. The second-order valence-electron chi connectivity index (χ2n) is 4.77. The van der Waals surface area contributed by atoms with Crippen LogP contribution in [0.1, 0.15) is 12.5 Å². The lowest BCUT2D eigenvalue weighted by molar-refractivity contribution is -0.281. The molecule has 1 aliphatic rings. The van der Waals surface area contributed by atoms with Crippen LogP contribution in [-0.4, -0.2) is 23.7 Å². The third-order valence-corrected chi connectivity index (χ3v) is 3.30. The van der Waals surface area contributed by atoms with Crippen LogP contribution in [0.5, 0.6) is 0 Å². The first kappa shape index (κ1) is 16.9. The van der Waals surface area contributed by atoms with Crippen LogP contribution in [0, 0.1) is 11.3 Å². The first-order valence-corrected chi connectivity index (χ1v) is 6.22. The highest BCUT2D eigenvalue weighted by Gasteiger charge is 2.75. The monoisotopic (exact) mass is 333 g/mol. The van der Waals surface area contributed by atoms with E-state index in [1.807, 2.05) is 0 Å². The molecule has 0 spiro atoms. The maximum Gasteiger partial charge on any atom is 0.427 e. The largest absolute Gasteiger partial charge is 0.427 e. The number of hydrogen-bond donors (Lipinski definition) is 1. The van der Waals surface area contributed by atoms with Crippen LogP contribution in [0.2, 0.25) is 0 Å². The van der Waals surface area contributed by atoms with Gasteiger partial charge >= 0.3 is 12.4 Å². The highest BCUT2D eigenvalue weighted by atomic mass is 19.4. The molecule has 1 heterocycles. The number of hydrogen-bond acceptors (Lipinski definition) is 3. The number of benzene rings is 1. The average Bonchev–Trinajstić information content (AvgIpc) is 2.44. The van der Waals surface area contributed by atoms with Gasteiger partial charge in [0.15, 0.2) is 0 Å². The molecule has 9 heteroatoms. The van der Waals surface area contributed by atoms with E-state index in [0.717, 1.165) is 13.0 Å². The molecule has 2 rings (SSSR count). The molecule has 0 aromatic heterocycles. The molecule has 0 saturated carbocycles. The minimum absolute atomic E-state index is 0.0433. The van der Waals surface area contributed by atoms with E-state index >= 15 is 0 Å². The molecule has 0 radical (unpaired) electrons. The van der Waals surface area contributed by atoms with E-state index in [0.29, 0.717) is 0 Å². The molecule has 0 bridgehead atoms. The summed E-state index contributed by atoms with van der Waals surface area (Å²) in [5.74, 6) is -0.600. The molecule has 0 fully saturated rings. The molecule has 1 aromatic carbocycles. The lowest BCUT2D eigenvalue weighted by Crippen LogP contribution is -2.60. The summed E-state index contributed by atoms with van der Waals surface area (Å²) in [6, 6.07) is 8.07. The second-order valence-corrected chi connectivity index (χ2v) is 4.77. The van der Waals surface area contributed by atoms with E-state index in [1.54, 1.807) is 6.07 Å². The average molecular weight is 333 g/mol. The van der Waals surface area contributed by atoms with Crippen molar-refractivity contribution in [2.45, 2.75) is 24.8 Å². The van der Waals surface area contributed by atoms with Crippen LogP contribution in [0.3, 0.4) is 0 Å². The zero-order valence-electron chi connectivity index (χ0n) is 11.5. The third kappa shape index (κ3) is 2.54. The number of nitriles is 1. The Bertz CT molecular complexity index is 693. The van der Waals surface area contributed by atoms with Crippen molar-refractivity contribution in [1.82, 2.24) is 5.32 Å². The van der Waals surface area contributed by atoms with Gasteiger partial charge < -0.3 is 5.32 Å². The lowest BCUT2D eigenvalue weighted by atomic mass is 9.86. The van der Waals surface area contributed by atoms with E-state index in [1.165, 1.54) is 24.3 Å². The van der Waals surface area contributed by atoms with E-state index in [-0.39, 0.29) is 5.56 Å². The Hall–Kier alpha value is -2.50. The summed E-state index contributed by atoms with van der Waals surface area (Å²) in [5, 5.41) is 11.2. The van der Waals surface area contributed by atoms with Crippen molar-refractivity contribution < 1.29 is 26.3 Å². The van der Waals surface area contributed by atoms with Gasteiger partial charge in [-0.05, 0) is 6.92 Å². The second kappa shape index (κ2) is 5.30. The molecule has 1 aliphatic heterocycles. The summed E-state index contributed by atoms with van der Waals surface area (Å²) < 4.78 is 80.1. The van der Waals surface area contributed by atoms with Crippen LogP contribution in [0.15, 0.2) is 46.6 Å². The third-order valence-electron chi connectivity index (χ3n) is 3.30. The number of aliphatic imine (C=N–C) groups is 1. The first-order chi connectivity index (χ1) is 10.5. The van der Waals surface area contributed by atoms with Gasteiger partial charge in [0.1, 0.15) is 5.84 Å². The van der Waals surface area contributed by atoms with E-state index in [9.17, 15) is 26.3 Å². The summed E-state index contributed by atoms with van der Waals surface area (Å²) in [6.07, 6.45) is -11.6. The number of amidine groups is 1. The van der Waals surface area contributed by atoms with Crippen molar-refractivity contribution >= 4 is 5.84 Å². The molecule has 0 atom stereocenters. The summed E-state index contributed by atoms with van der Waals surface area (Å²) in [4.78, 5) is 2.90. The zero-order chi connectivity index (χ0) is 17.5. The Morgan fingerprint density at radius 2 is 1.57 bits per heavy atom. The van der Waals surface area contributed by atoms with Gasteiger partial charge in [-0.2, -0.15) is 31.6 Å². The van der Waals surface area contributed by atoms with Gasteiger partial charge in [-0.25, -0.2) is 4.99 Å². The highest BCUT2D eigenvalue weighted by molar-refractivity contribution is 6.01. The summed E-state index contributed by atoms with van der Waals surface area (Å²) in [6.45, 7) is 0.975. The fourth-order valence-electron chi connectivity index (χ4n) is 2.23. The van der Waals surface area contributed by atoms with Crippen LogP contribution < -0.4 is 5.32 Å². The number of rotatable bonds is 1. The van der Waals surface area contributed by atoms with Gasteiger partial charge in [-0.1, -0.05) is 30.3 Å². The van der Waals surface area contributed by atoms with Gasteiger partial charge in [-0.3, -0.25) is 0 Å². The van der Waals surface area contributed by atoms with Crippen molar-refractivity contribution in [3.8, 4) is 6.07 Å². The minimum atomic E-state index is -5.82. The number of nitrogens with one attached hydrogen (secondary N) is 1. The molecule has 1 aromatic rings. The zero-order valence-corrected chi connectivity index (χ0v) is 11.5. The standard InChI is InChI=1S/C14H9F6N3/c1-8-10(7-21)12(13(15,16)17,14(18,19)20)23-11(22-8)9-5-3-2-4-6-9/h2-6H,1H3,(H,22,23). The SMILES string of the molecule is CC1=C(C#N)C(C(F)(F)F)(C(F)(F)F)N=C(c2ccccc2)N1. The van der Waals surface area contributed by atoms with E-state index in [2.05, 4.69) is 10.3 Å². The van der Waals surface area contributed by atoms with Crippen molar-refractivity contribution in [3.63, 3.8) is 0 Å². The number of allylic oxidation sites excluding steroid dienone is 1. The maximum atomic E-state index is 13.4. The van der Waals surface area contributed by atoms with Crippen molar-refractivity contribution in [1.29, 1.82) is 5.26 Å². The molecule has 122 valence electrons. The Labute approximate surface area is 126 Å². The Morgan fingerprint density at radius 1 is 1.04 bits per heavy atom. The van der Waals surface area contributed by atoms with Gasteiger partial charge in [0.05, 0.1) is 11.6 Å². The van der Waals surface area contributed by atoms with Crippen molar-refractivity contribution in [2.75, 3.05) is 0 Å². The molecule has 0 saturated heterocycles. The smallest absolute Gasteiger partial charge is 0.343 e. The Balaban J connectivity index is 2.80. The van der Waals surface area contributed by atoms with Gasteiger partial charge in [0.25, 0.3) is 5.54 Å². The molecule has 3 nitrogen and oxygen atoms in total. The van der Waals surface area contributed by atoms with Crippen LogP contribution in [-0.2, 0) is 0 Å². The number of halogens is 6. The minimum Gasteiger partial charge on any atom is -0.343 e. The lowest BCUT2D eigenvalue weighted by Gasteiger charge is -2.37. The van der Waals surface area contributed by atoms with Crippen molar-refractivity contribution in [3.05, 3.63) is 47.2 Å². The molecule has 0 unspecified atom stereocenters. The maximum absolute atomic E-state index is 13.4. The first-order valence-electron chi connectivity index (χ1n) is 6.22. The Morgan fingerprint density at radius 3 is 2.00 bits per heavy atom. The van der Waals surface area contributed by atoms with E-state index < -0.39 is 35.0 Å². The predicted octanol–water partition coefficient (Wildman–Crippen LogP) is 3.70. The fraction of sp³-hybridized carbons (Fsp3) is 0.286. The molecular weight excluding hydrogens is 324 g/mol. The normalized spacial score (nSPS) is 18.1. The van der Waals surface area contributed by atoms with Crippen LogP contribution >= 0.6 is 0 Å². The van der Waals surface area contributed by atoms with Crippen LogP contribution in [0.25, 0.3) is 0 Å². The molecule has 0 amide bonds. The number of alkyl halides is 6. The molecular formula is C14H9F6N3. The molecule has 0 aliphatic carbocycles. The van der Waals surface area contributed by atoms with Gasteiger partial charge in [-0.15, -0.1) is 0 Å². The molecule has 23 heavy (non-hydrogen) atoms. The summed E-state index contributed by atoms with van der Waals surface area (Å²) in [5.41, 5.74) is -6.61. The van der Waals surface area contributed by atoms with E-state index in [4.69, 9.17) is 5.26 Å². The quantitative estimate of drug-likeness (QED) is 0.797. The highest BCUT2D eigenvalue weighted by Crippen LogP contribution is 2.52. The van der Waals surface area contributed by atoms with Gasteiger partial charge in [0.2, 0.25) is 0 Å². The Kier molecular flexibility index (Phi) is 3.88. The van der Waals surface area contributed by atoms with Crippen LogP contribution in [0.4, 0.5) is 26.3 Å². The fourth-order valence-corrected chi connectivity index (χ4v) is 2.23. The summed E-state index contributed by atoms with van der Waals surface area (Å²) in [7, 11) is 0.